The Labute approximate surface area is 115 Å². The molecule has 2 heterocycles. The molecule has 2 aliphatic rings. The highest BCUT2D eigenvalue weighted by molar-refractivity contribution is 5.81. The smallest absolute Gasteiger partial charge is 0.315 e. The number of carbonyl (C=O) groups is 2. The molecule has 2 aromatic carbocycles. The number of para-hydroxylation sites is 2. The molecule has 0 aromatic heterocycles. The Morgan fingerprint density at radius 1 is 0.650 bits per heavy atom. The first-order valence-electron chi connectivity index (χ1n) is 6.29. The molecular weight excluding hydrogens is 256 g/mol. The lowest BCUT2D eigenvalue weighted by atomic mass is 10.2. The largest absolute Gasteiger partial charge is 0.426 e. The minimum absolute atomic E-state index is 0.152. The Kier molecular flexibility index (Phi) is 3.21. The number of rotatable bonds is 0. The van der Waals surface area contributed by atoms with Crippen LogP contribution >= 0.6 is 0 Å². The minimum atomic E-state index is -0.152. The Hall–Kier alpha value is -2.62. The van der Waals surface area contributed by atoms with Gasteiger partial charge in [0.25, 0.3) is 0 Å². The summed E-state index contributed by atoms with van der Waals surface area (Å²) in [5, 5.41) is 0. The normalized spacial score (nSPS) is 14.6. The van der Waals surface area contributed by atoms with E-state index in [4.69, 9.17) is 9.47 Å². The molecule has 0 N–H and O–H groups in total. The van der Waals surface area contributed by atoms with Crippen LogP contribution in [-0.4, -0.2) is 11.9 Å². The SMILES string of the molecule is O=C1Cc2ccccc2O1.O=C1Cc2ccccc2O1. The summed E-state index contributed by atoms with van der Waals surface area (Å²) in [6.45, 7) is 0. The molecule has 2 aromatic rings. The molecule has 0 unspecified atom stereocenters. The average molecular weight is 268 g/mol. The van der Waals surface area contributed by atoms with Gasteiger partial charge in [0.2, 0.25) is 0 Å². The highest BCUT2D eigenvalue weighted by atomic mass is 16.5. The first-order valence-corrected chi connectivity index (χ1v) is 6.29. The molecule has 0 bridgehead atoms. The second kappa shape index (κ2) is 5.17. The fourth-order valence-electron chi connectivity index (χ4n) is 2.13. The van der Waals surface area contributed by atoms with Gasteiger partial charge in [0.1, 0.15) is 11.5 Å². The average Bonchev–Trinajstić information content (AvgIpc) is 2.99. The third-order valence-electron chi connectivity index (χ3n) is 3.06. The van der Waals surface area contributed by atoms with Crippen LogP contribution in [0.15, 0.2) is 48.5 Å². The van der Waals surface area contributed by atoms with Crippen LogP contribution in [0.3, 0.4) is 0 Å². The lowest BCUT2D eigenvalue weighted by molar-refractivity contribution is -0.132. The summed E-state index contributed by atoms with van der Waals surface area (Å²) in [7, 11) is 0. The molecule has 100 valence electrons. The lowest BCUT2D eigenvalue weighted by Crippen LogP contribution is -1.99. The van der Waals surface area contributed by atoms with Gasteiger partial charge in [-0.15, -0.1) is 0 Å². The quantitative estimate of drug-likeness (QED) is 0.543. The number of hydrogen-bond acceptors (Lipinski definition) is 4. The van der Waals surface area contributed by atoms with Crippen molar-refractivity contribution >= 4 is 11.9 Å². The fourth-order valence-corrected chi connectivity index (χ4v) is 2.13. The van der Waals surface area contributed by atoms with Crippen molar-refractivity contribution in [2.75, 3.05) is 0 Å². The van der Waals surface area contributed by atoms with E-state index in [1.807, 2.05) is 36.4 Å². The zero-order valence-electron chi connectivity index (χ0n) is 10.7. The summed E-state index contributed by atoms with van der Waals surface area (Å²) in [5.74, 6) is 1.13. The van der Waals surface area contributed by atoms with Crippen molar-refractivity contribution in [3.63, 3.8) is 0 Å². The molecule has 0 spiro atoms. The molecule has 4 nitrogen and oxygen atoms in total. The van der Waals surface area contributed by atoms with Gasteiger partial charge in [-0.25, -0.2) is 0 Å². The van der Waals surface area contributed by atoms with Crippen molar-refractivity contribution in [2.45, 2.75) is 12.8 Å². The highest BCUT2D eigenvalue weighted by Crippen LogP contribution is 2.25. The Morgan fingerprint density at radius 3 is 1.45 bits per heavy atom. The van der Waals surface area contributed by atoms with Crippen LogP contribution in [0.1, 0.15) is 11.1 Å². The van der Waals surface area contributed by atoms with Gasteiger partial charge in [-0.3, -0.25) is 9.59 Å². The van der Waals surface area contributed by atoms with Crippen LogP contribution in [0.2, 0.25) is 0 Å². The molecule has 4 heteroatoms. The second-order valence-corrected chi connectivity index (χ2v) is 4.52. The van der Waals surface area contributed by atoms with Crippen LogP contribution in [0, 0.1) is 0 Å². The maximum absolute atomic E-state index is 10.7. The van der Waals surface area contributed by atoms with Crippen molar-refractivity contribution in [1.29, 1.82) is 0 Å². The number of carbonyl (C=O) groups excluding carboxylic acids is 2. The van der Waals surface area contributed by atoms with Crippen molar-refractivity contribution < 1.29 is 19.1 Å². The predicted octanol–water partition coefficient (Wildman–Crippen LogP) is 2.30. The summed E-state index contributed by atoms with van der Waals surface area (Å²) in [6, 6.07) is 14.9. The Morgan fingerprint density at radius 2 is 1.05 bits per heavy atom. The highest BCUT2D eigenvalue weighted by Gasteiger charge is 2.19. The first-order chi connectivity index (χ1) is 9.72. The summed E-state index contributed by atoms with van der Waals surface area (Å²) in [6.07, 6.45) is 0.854. The topological polar surface area (TPSA) is 52.6 Å². The third kappa shape index (κ3) is 2.54. The van der Waals surface area contributed by atoms with Crippen LogP contribution in [-0.2, 0) is 22.4 Å². The van der Waals surface area contributed by atoms with Gasteiger partial charge in [-0.05, 0) is 12.1 Å². The van der Waals surface area contributed by atoms with E-state index in [0.717, 1.165) is 11.1 Å². The van der Waals surface area contributed by atoms with Gasteiger partial charge < -0.3 is 9.47 Å². The van der Waals surface area contributed by atoms with E-state index in [0.29, 0.717) is 24.3 Å². The van der Waals surface area contributed by atoms with E-state index in [1.165, 1.54) is 0 Å². The van der Waals surface area contributed by atoms with Gasteiger partial charge in [0, 0.05) is 11.1 Å². The number of hydrogen-bond donors (Lipinski definition) is 0. The van der Waals surface area contributed by atoms with Gasteiger partial charge in [0.15, 0.2) is 0 Å². The standard InChI is InChI=1S/2C8H6O2/c2*9-8-5-6-3-1-2-4-7(6)10-8/h2*1-4H,5H2. The van der Waals surface area contributed by atoms with E-state index in [1.54, 1.807) is 12.1 Å². The van der Waals surface area contributed by atoms with Crippen molar-refractivity contribution in [3.05, 3.63) is 59.7 Å². The maximum atomic E-state index is 10.7. The van der Waals surface area contributed by atoms with Crippen molar-refractivity contribution in [1.82, 2.24) is 0 Å². The number of fused-ring (bicyclic) bond motifs is 2. The maximum Gasteiger partial charge on any atom is 0.315 e. The molecule has 20 heavy (non-hydrogen) atoms. The molecular formula is C16H12O4. The molecule has 0 atom stereocenters. The molecule has 2 aliphatic heterocycles. The monoisotopic (exact) mass is 268 g/mol. The molecule has 0 amide bonds. The predicted molar refractivity (Wildman–Crippen MR) is 71.6 cm³/mol. The van der Waals surface area contributed by atoms with Gasteiger partial charge in [-0.2, -0.15) is 0 Å². The van der Waals surface area contributed by atoms with E-state index in [-0.39, 0.29) is 11.9 Å². The number of benzene rings is 2. The number of ether oxygens (including phenoxy) is 2. The lowest BCUT2D eigenvalue weighted by Gasteiger charge is -1.91. The van der Waals surface area contributed by atoms with E-state index in [9.17, 15) is 9.59 Å². The van der Waals surface area contributed by atoms with Crippen LogP contribution in [0.4, 0.5) is 0 Å². The van der Waals surface area contributed by atoms with Crippen LogP contribution < -0.4 is 9.47 Å². The molecule has 0 aliphatic carbocycles. The zero-order valence-corrected chi connectivity index (χ0v) is 10.7. The summed E-state index contributed by atoms with van der Waals surface area (Å²) in [4.78, 5) is 21.4. The van der Waals surface area contributed by atoms with E-state index >= 15 is 0 Å². The van der Waals surface area contributed by atoms with Crippen LogP contribution in [0.25, 0.3) is 0 Å². The Bertz CT molecular complexity index is 562. The third-order valence-corrected chi connectivity index (χ3v) is 3.06. The molecule has 0 saturated carbocycles. The molecule has 4 rings (SSSR count). The minimum Gasteiger partial charge on any atom is -0.426 e. The van der Waals surface area contributed by atoms with Gasteiger partial charge in [0.05, 0.1) is 12.8 Å². The van der Waals surface area contributed by atoms with Gasteiger partial charge in [-0.1, -0.05) is 36.4 Å². The summed E-state index contributed by atoms with van der Waals surface area (Å²) in [5.41, 5.74) is 1.99. The molecule has 0 radical (unpaired) electrons. The van der Waals surface area contributed by atoms with Crippen molar-refractivity contribution in [2.24, 2.45) is 0 Å². The van der Waals surface area contributed by atoms with Crippen molar-refractivity contribution in [3.8, 4) is 11.5 Å². The van der Waals surface area contributed by atoms with Crippen LogP contribution in [0.5, 0.6) is 11.5 Å². The first kappa shape index (κ1) is 12.4. The summed E-state index contributed by atoms with van der Waals surface area (Å²) < 4.78 is 9.74. The van der Waals surface area contributed by atoms with E-state index in [2.05, 4.69) is 0 Å². The Balaban J connectivity index is 0.000000121. The zero-order chi connectivity index (χ0) is 13.9. The summed E-state index contributed by atoms with van der Waals surface area (Å²) >= 11 is 0. The van der Waals surface area contributed by atoms with Gasteiger partial charge >= 0.3 is 11.9 Å². The molecule has 0 fully saturated rings. The second-order valence-electron chi connectivity index (χ2n) is 4.52. The fraction of sp³-hybridized carbons (Fsp3) is 0.125. The van der Waals surface area contributed by atoms with E-state index < -0.39 is 0 Å². The number of esters is 2. The molecule has 0 saturated heterocycles.